The number of carbonyl (C=O) groups is 2. The molecule has 35 heavy (non-hydrogen) atoms. The second-order valence-corrected chi connectivity index (χ2v) is 8.69. The summed E-state index contributed by atoms with van der Waals surface area (Å²) >= 11 is 0. The first-order valence-electron chi connectivity index (χ1n) is 11.3. The molecular formula is C28H28N2O5. The molecule has 0 aromatic heterocycles. The lowest BCUT2D eigenvalue weighted by atomic mass is 9.95. The largest absolute Gasteiger partial charge is 0.508 e. The van der Waals surface area contributed by atoms with Crippen LogP contribution in [-0.2, 0) is 16.2 Å². The lowest BCUT2D eigenvalue weighted by Gasteiger charge is -2.26. The van der Waals surface area contributed by atoms with Gasteiger partial charge in [0.05, 0.1) is 11.6 Å². The molecule has 0 aliphatic carbocycles. The van der Waals surface area contributed by atoms with E-state index in [1.54, 1.807) is 36.4 Å². The minimum Gasteiger partial charge on any atom is -0.508 e. The van der Waals surface area contributed by atoms with Crippen LogP contribution >= 0.6 is 0 Å². The van der Waals surface area contributed by atoms with E-state index < -0.39 is 17.7 Å². The fraction of sp³-hybridized carbons (Fsp3) is 0.214. The molecule has 1 aliphatic heterocycles. The molecule has 1 fully saturated rings. The van der Waals surface area contributed by atoms with E-state index in [-0.39, 0.29) is 17.1 Å². The van der Waals surface area contributed by atoms with Crippen LogP contribution in [-0.4, -0.2) is 58.9 Å². The number of amides is 1. The topological polar surface area (TPSA) is 90.3 Å². The van der Waals surface area contributed by atoms with E-state index in [4.69, 9.17) is 4.74 Å². The summed E-state index contributed by atoms with van der Waals surface area (Å²) in [7, 11) is 3.77. The molecule has 0 saturated carbocycles. The van der Waals surface area contributed by atoms with E-state index in [9.17, 15) is 19.8 Å². The Hall–Kier alpha value is -4.10. The number of hydrogen-bond donors (Lipinski definition) is 2. The number of nitrogens with zero attached hydrogens (tertiary/aromatic N) is 2. The van der Waals surface area contributed by atoms with Crippen LogP contribution in [0.4, 0.5) is 0 Å². The van der Waals surface area contributed by atoms with Crippen LogP contribution in [0.25, 0.3) is 5.76 Å². The molecule has 0 spiro atoms. The predicted molar refractivity (Wildman–Crippen MR) is 133 cm³/mol. The van der Waals surface area contributed by atoms with Crippen molar-refractivity contribution in [1.82, 2.24) is 9.80 Å². The number of likely N-dealkylation sites (N-methyl/N-ethyl adjacent to an activating group) is 1. The fourth-order valence-electron chi connectivity index (χ4n) is 4.03. The van der Waals surface area contributed by atoms with E-state index >= 15 is 0 Å². The molecule has 1 aliphatic rings. The highest BCUT2D eigenvalue weighted by Gasteiger charge is 2.45. The lowest BCUT2D eigenvalue weighted by molar-refractivity contribution is -0.140. The number of carbonyl (C=O) groups excluding carboxylic acids is 2. The van der Waals surface area contributed by atoms with Gasteiger partial charge in [-0.2, -0.15) is 0 Å². The van der Waals surface area contributed by atoms with E-state index in [1.165, 1.54) is 17.0 Å². The Bertz CT molecular complexity index is 1220. The molecule has 1 heterocycles. The molecule has 3 aromatic rings. The van der Waals surface area contributed by atoms with Crippen LogP contribution in [0, 0.1) is 0 Å². The smallest absolute Gasteiger partial charge is 0.295 e. The molecule has 1 saturated heterocycles. The van der Waals surface area contributed by atoms with E-state index in [0.29, 0.717) is 36.6 Å². The molecule has 1 amide bonds. The Kier molecular flexibility index (Phi) is 7.17. The van der Waals surface area contributed by atoms with Crippen LogP contribution in [0.15, 0.2) is 84.4 Å². The van der Waals surface area contributed by atoms with Crippen molar-refractivity contribution in [3.63, 3.8) is 0 Å². The van der Waals surface area contributed by atoms with Gasteiger partial charge in [0.2, 0.25) is 0 Å². The standard InChI is InChI=1S/C28H28N2O5/c1-29(2)16-17-30-25(20-8-12-22(31)13-9-20)24(27(33)28(30)34)26(32)21-10-14-23(15-11-21)35-18-19-6-4-3-5-7-19/h3-15,25,31-32H,16-18H2,1-2H3/b26-24+/t25-/m1/s1. The summed E-state index contributed by atoms with van der Waals surface area (Å²) < 4.78 is 5.81. The van der Waals surface area contributed by atoms with E-state index in [0.717, 1.165) is 5.56 Å². The number of phenolic OH excluding ortho intramolecular Hbond substituents is 1. The molecule has 3 aromatic carbocycles. The van der Waals surface area contributed by atoms with Crippen molar-refractivity contribution in [2.75, 3.05) is 27.2 Å². The quantitative estimate of drug-likeness (QED) is 0.293. The summed E-state index contributed by atoms with van der Waals surface area (Å²) in [6, 6.07) is 22.1. The number of ketones is 1. The number of Topliss-reactive ketones (excluding diaryl/α,β-unsaturated/α-hetero) is 1. The average molecular weight is 473 g/mol. The molecule has 4 rings (SSSR count). The SMILES string of the molecule is CN(C)CCN1C(=O)C(=O)/C(=C(/O)c2ccc(OCc3ccccc3)cc2)[C@H]1c1ccc(O)cc1. The molecule has 180 valence electrons. The van der Waals surface area contributed by atoms with Gasteiger partial charge in [-0.25, -0.2) is 0 Å². The Balaban J connectivity index is 1.65. The zero-order chi connectivity index (χ0) is 24.9. The highest BCUT2D eigenvalue weighted by Crippen LogP contribution is 2.39. The Morgan fingerprint density at radius 3 is 2.23 bits per heavy atom. The summed E-state index contributed by atoms with van der Waals surface area (Å²) in [5.74, 6) is -0.946. The summed E-state index contributed by atoms with van der Waals surface area (Å²) in [5.41, 5.74) is 2.10. The van der Waals surface area contributed by atoms with Crippen LogP contribution in [0.2, 0.25) is 0 Å². The van der Waals surface area contributed by atoms with Gasteiger partial charge in [-0.05, 0) is 61.6 Å². The molecule has 0 bridgehead atoms. The number of aliphatic hydroxyl groups excluding tert-OH is 1. The summed E-state index contributed by atoms with van der Waals surface area (Å²) in [6.45, 7) is 1.27. The first-order chi connectivity index (χ1) is 16.8. The van der Waals surface area contributed by atoms with Crippen molar-refractivity contribution in [2.24, 2.45) is 0 Å². The first kappa shape index (κ1) is 24.0. The zero-order valence-corrected chi connectivity index (χ0v) is 19.7. The average Bonchev–Trinajstić information content (AvgIpc) is 3.12. The number of hydrogen-bond acceptors (Lipinski definition) is 6. The molecule has 0 unspecified atom stereocenters. The number of phenols is 1. The first-order valence-corrected chi connectivity index (χ1v) is 11.3. The number of rotatable bonds is 8. The van der Waals surface area contributed by atoms with Gasteiger partial charge in [0.15, 0.2) is 0 Å². The number of ether oxygens (including phenoxy) is 1. The van der Waals surface area contributed by atoms with Gasteiger partial charge in [0.25, 0.3) is 11.7 Å². The summed E-state index contributed by atoms with van der Waals surface area (Å²) in [6.07, 6.45) is 0. The summed E-state index contributed by atoms with van der Waals surface area (Å²) in [5, 5.41) is 20.9. The van der Waals surface area contributed by atoms with Crippen molar-refractivity contribution < 1.29 is 24.5 Å². The van der Waals surface area contributed by atoms with Crippen LogP contribution in [0.3, 0.4) is 0 Å². The predicted octanol–water partition coefficient (Wildman–Crippen LogP) is 3.95. The van der Waals surface area contributed by atoms with Crippen LogP contribution < -0.4 is 4.74 Å². The monoisotopic (exact) mass is 472 g/mol. The third-order valence-electron chi connectivity index (χ3n) is 5.91. The fourth-order valence-corrected chi connectivity index (χ4v) is 4.03. The van der Waals surface area contributed by atoms with Crippen molar-refractivity contribution in [3.05, 3.63) is 101 Å². The number of likely N-dealkylation sites (tertiary alicyclic amines) is 1. The summed E-state index contributed by atoms with van der Waals surface area (Å²) in [4.78, 5) is 29.4. The van der Waals surface area contributed by atoms with E-state index in [1.807, 2.05) is 49.3 Å². The Morgan fingerprint density at radius 2 is 1.60 bits per heavy atom. The Labute approximate surface area is 204 Å². The van der Waals surface area contributed by atoms with Gasteiger partial charge in [0.1, 0.15) is 23.9 Å². The molecule has 7 heteroatoms. The molecular weight excluding hydrogens is 444 g/mol. The number of benzene rings is 3. The van der Waals surface area contributed by atoms with Crippen molar-refractivity contribution in [3.8, 4) is 11.5 Å². The maximum atomic E-state index is 13.1. The maximum Gasteiger partial charge on any atom is 0.295 e. The molecule has 1 atom stereocenters. The molecule has 7 nitrogen and oxygen atoms in total. The zero-order valence-electron chi connectivity index (χ0n) is 19.7. The van der Waals surface area contributed by atoms with Crippen molar-refractivity contribution in [2.45, 2.75) is 12.6 Å². The highest BCUT2D eigenvalue weighted by atomic mass is 16.5. The van der Waals surface area contributed by atoms with Crippen LogP contribution in [0.1, 0.15) is 22.7 Å². The number of aliphatic hydroxyl groups is 1. The maximum absolute atomic E-state index is 13.1. The normalized spacial score (nSPS) is 17.2. The van der Waals surface area contributed by atoms with Gasteiger partial charge < -0.3 is 24.7 Å². The van der Waals surface area contributed by atoms with Gasteiger partial charge in [0, 0.05) is 18.7 Å². The van der Waals surface area contributed by atoms with Gasteiger partial charge in [-0.3, -0.25) is 9.59 Å². The minimum atomic E-state index is -0.760. The molecule has 0 radical (unpaired) electrons. The Morgan fingerprint density at radius 1 is 0.943 bits per heavy atom. The second kappa shape index (κ2) is 10.4. The highest BCUT2D eigenvalue weighted by molar-refractivity contribution is 6.46. The number of aromatic hydroxyl groups is 1. The van der Waals surface area contributed by atoms with Crippen molar-refractivity contribution in [1.29, 1.82) is 0 Å². The van der Waals surface area contributed by atoms with Gasteiger partial charge in [-0.1, -0.05) is 42.5 Å². The molecule has 2 N–H and O–H groups in total. The van der Waals surface area contributed by atoms with Gasteiger partial charge in [-0.15, -0.1) is 0 Å². The van der Waals surface area contributed by atoms with Gasteiger partial charge >= 0.3 is 0 Å². The lowest BCUT2D eigenvalue weighted by Crippen LogP contribution is -2.35. The minimum absolute atomic E-state index is 0.0254. The van der Waals surface area contributed by atoms with Crippen LogP contribution in [0.5, 0.6) is 11.5 Å². The third kappa shape index (κ3) is 5.36. The van der Waals surface area contributed by atoms with Crippen molar-refractivity contribution >= 4 is 17.4 Å². The van der Waals surface area contributed by atoms with E-state index in [2.05, 4.69) is 0 Å². The second-order valence-electron chi connectivity index (χ2n) is 8.69. The third-order valence-corrected chi connectivity index (χ3v) is 5.91.